The van der Waals surface area contributed by atoms with E-state index in [0.717, 1.165) is 28.1 Å². The Morgan fingerprint density at radius 3 is 2.55 bits per heavy atom. The lowest BCUT2D eigenvalue weighted by atomic mass is 10.0. The molecular weight excluding hydrogens is 397 g/mol. The lowest BCUT2D eigenvalue weighted by molar-refractivity contribution is -0.160. The zero-order valence-corrected chi connectivity index (χ0v) is 17.7. The molecule has 1 fully saturated rings. The largest absolute Gasteiger partial charge is 0.462 e. The number of carbonyl (C=O) groups is 1. The molecule has 0 saturated carbocycles. The van der Waals surface area contributed by atoms with Gasteiger partial charge in [-0.05, 0) is 41.8 Å². The number of aliphatic hydroxyl groups is 1. The monoisotopic (exact) mass is 423 g/mol. The Bertz CT molecular complexity index is 1050. The molecule has 2 aromatic heterocycles. The van der Waals surface area contributed by atoms with Gasteiger partial charge in [0.1, 0.15) is 18.2 Å². The molecule has 4 rings (SSSR count). The van der Waals surface area contributed by atoms with Crippen LogP contribution in [0.2, 0.25) is 0 Å². The minimum Gasteiger partial charge on any atom is -0.462 e. The predicted molar refractivity (Wildman–Crippen MR) is 115 cm³/mol. The molecule has 1 N–H and O–H groups in total. The Labute approximate surface area is 180 Å². The number of hydrogen-bond donors (Lipinski definition) is 1. The minimum absolute atomic E-state index is 0.0518. The number of ether oxygens (including phenoxy) is 1. The van der Waals surface area contributed by atoms with Crippen molar-refractivity contribution in [2.45, 2.75) is 57.8 Å². The Kier molecular flexibility index (Phi) is 6.13. The third-order valence-corrected chi connectivity index (χ3v) is 5.61. The van der Waals surface area contributed by atoms with E-state index in [1.807, 2.05) is 0 Å². The van der Waals surface area contributed by atoms with Crippen LogP contribution in [0.15, 0.2) is 49.1 Å². The number of esters is 1. The van der Waals surface area contributed by atoms with Crippen LogP contribution >= 0.6 is 0 Å². The summed E-state index contributed by atoms with van der Waals surface area (Å²) in [5.74, 6) is -0.448. The number of aliphatic hydroxyl groups excluding tert-OH is 1. The average Bonchev–Trinajstić information content (AvgIpc) is 3.12. The smallest absolute Gasteiger partial charge is 0.308 e. The summed E-state index contributed by atoms with van der Waals surface area (Å²) in [5.41, 5.74) is 4.89. The highest BCUT2D eigenvalue weighted by atomic mass is 19.1. The van der Waals surface area contributed by atoms with Gasteiger partial charge in [0.05, 0.1) is 12.5 Å². The van der Waals surface area contributed by atoms with E-state index >= 15 is 0 Å². The number of nitrogens with zero attached hydrogens (tertiary/aromatic N) is 3. The quantitative estimate of drug-likeness (QED) is 0.597. The molecule has 7 heteroatoms. The molecule has 2 atom stereocenters. The van der Waals surface area contributed by atoms with Crippen molar-refractivity contribution in [3.63, 3.8) is 0 Å². The van der Waals surface area contributed by atoms with Crippen molar-refractivity contribution in [2.24, 2.45) is 0 Å². The first kappa shape index (κ1) is 21.2. The van der Waals surface area contributed by atoms with Crippen LogP contribution in [0.3, 0.4) is 0 Å². The lowest BCUT2D eigenvalue weighted by Gasteiger charge is -2.27. The van der Waals surface area contributed by atoms with Crippen LogP contribution in [0.1, 0.15) is 44.7 Å². The van der Waals surface area contributed by atoms with Gasteiger partial charge < -0.3 is 14.4 Å². The fraction of sp³-hybridized carbons (Fsp3) is 0.375. The molecule has 0 unspecified atom stereocenters. The molecule has 1 saturated heterocycles. The summed E-state index contributed by atoms with van der Waals surface area (Å²) < 4.78 is 21.2. The van der Waals surface area contributed by atoms with Gasteiger partial charge in [0.25, 0.3) is 0 Å². The molecule has 0 bridgehead atoms. The second kappa shape index (κ2) is 8.98. The van der Waals surface area contributed by atoms with E-state index in [9.17, 15) is 14.3 Å². The molecule has 0 aliphatic carbocycles. The number of hydrogen-bond acceptors (Lipinski definition) is 5. The van der Waals surface area contributed by atoms with Crippen LogP contribution in [0.4, 0.5) is 4.39 Å². The number of aromatic nitrogens is 3. The molecule has 1 aliphatic heterocycles. The molecule has 3 aromatic rings. The van der Waals surface area contributed by atoms with Crippen molar-refractivity contribution in [3.05, 3.63) is 60.6 Å². The fourth-order valence-corrected chi connectivity index (χ4v) is 4.27. The van der Waals surface area contributed by atoms with Gasteiger partial charge in [0.15, 0.2) is 0 Å². The van der Waals surface area contributed by atoms with Crippen LogP contribution in [-0.4, -0.2) is 37.8 Å². The molecule has 1 aliphatic rings. The molecule has 0 amide bonds. The number of carbonyl (C=O) groups excluding carboxylic acids is 1. The maximum absolute atomic E-state index is 13.5. The summed E-state index contributed by atoms with van der Waals surface area (Å²) in [4.78, 5) is 20.1. The van der Waals surface area contributed by atoms with E-state index in [4.69, 9.17) is 4.74 Å². The standard InChI is InChI=1S/C24H26FN3O3/c1-15(2)24-21(17-12-26-14-27-13-17)11-22(16-3-5-18(25)6-4-16)28(24)8-7-20-9-19(29)10-23(30)31-20/h3-6,11-15,19-20,29H,7-10H2,1-2H3/t19-,20-/m1/s1. The van der Waals surface area contributed by atoms with E-state index in [0.29, 0.717) is 19.4 Å². The summed E-state index contributed by atoms with van der Waals surface area (Å²) in [5, 5.41) is 9.94. The molecule has 162 valence electrons. The van der Waals surface area contributed by atoms with Gasteiger partial charge in [-0.3, -0.25) is 4.79 Å². The van der Waals surface area contributed by atoms with Gasteiger partial charge in [-0.2, -0.15) is 0 Å². The molecule has 6 nitrogen and oxygen atoms in total. The third kappa shape index (κ3) is 4.66. The summed E-state index contributed by atoms with van der Waals surface area (Å²) in [6.45, 7) is 4.84. The number of rotatable bonds is 6. The van der Waals surface area contributed by atoms with Crippen molar-refractivity contribution >= 4 is 5.97 Å². The lowest BCUT2D eigenvalue weighted by Crippen LogP contribution is -2.33. The van der Waals surface area contributed by atoms with Crippen LogP contribution in [-0.2, 0) is 16.1 Å². The molecule has 0 radical (unpaired) electrons. The molecular formula is C24H26FN3O3. The van der Waals surface area contributed by atoms with E-state index in [2.05, 4.69) is 34.4 Å². The van der Waals surface area contributed by atoms with E-state index < -0.39 is 6.10 Å². The van der Waals surface area contributed by atoms with Crippen LogP contribution in [0.25, 0.3) is 22.4 Å². The topological polar surface area (TPSA) is 77.2 Å². The first-order chi connectivity index (χ1) is 14.9. The second-order valence-electron chi connectivity index (χ2n) is 8.26. The number of halogens is 1. The van der Waals surface area contributed by atoms with Gasteiger partial charge in [-0.15, -0.1) is 0 Å². The van der Waals surface area contributed by atoms with Crippen LogP contribution in [0, 0.1) is 5.82 Å². The van der Waals surface area contributed by atoms with E-state index in [1.165, 1.54) is 18.5 Å². The highest BCUT2D eigenvalue weighted by molar-refractivity contribution is 5.75. The Morgan fingerprint density at radius 1 is 1.19 bits per heavy atom. The number of cyclic esters (lactones) is 1. The Morgan fingerprint density at radius 2 is 1.90 bits per heavy atom. The number of benzene rings is 1. The minimum atomic E-state index is -0.658. The predicted octanol–water partition coefficient (Wildman–Crippen LogP) is 4.33. The van der Waals surface area contributed by atoms with Crippen LogP contribution < -0.4 is 0 Å². The molecule has 0 spiro atoms. The van der Waals surface area contributed by atoms with Gasteiger partial charge in [0, 0.05) is 54.3 Å². The van der Waals surface area contributed by atoms with Gasteiger partial charge in [-0.25, -0.2) is 14.4 Å². The summed E-state index contributed by atoms with van der Waals surface area (Å²) in [6.07, 6.45) is 5.15. The third-order valence-electron chi connectivity index (χ3n) is 5.61. The van der Waals surface area contributed by atoms with Crippen LogP contribution in [0.5, 0.6) is 0 Å². The average molecular weight is 423 g/mol. The highest BCUT2D eigenvalue weighted by Crippen LogP contribution is 2.37. The normalized spacial score (nSPS) is 18.9. The zero-order chi connectivity index (χ0) is 22.0. The van der Waals surface area contributed by atoms with Crippen molar-refractivity contribution in [2.75, 3.05) is 0 Å². The van der Waals surface area contributed by atoms with Crippen molar-refractivity contribution in [1.82, 2.24) is 14.5 Å². The molecule has 31 heavy (non-hydrogen) atoms. The second-order valence-corrected chi connectivity index (χ2v) is 8.26. The molecule has 3 heterocycles. The Hall–Kier alpha value is -3.06. The fourth-order valence-electron chi connectivity index (χ4n) is 4.27. The van der Waals surface area contributed by atoms with Crippen molar-refractivity contribution in [3.8, 4) is 22.4 Å². The van der Waals surface area contributed by atoms with E-state index in [1.54, 1.807) is 24.5 Å². The van der Waals surface area contributed by atoms with Crippen molar-refractivity contribution < 1.29 is 19.0 Å². The summed E-state index contributed by atoms with van der Waals surface area (Å²) >= 11 is 0. The SMILES string of the molecule is CC(C)c1c(-c2cncnc2)cc(-c2ccc(F)cc2)n1CC[C@@H]1C[C@@H](O)CC(=O)O1. The van der Waals surface area contributed by atoms with E-state index in [-0.39, 0.29) is 30.2 Å². The molecule has 1 aromatic carbocycles. The van der Waals surface area contributed by atoms with Crippen molar-refractivity contribution in [1.29, 1.82) is 0 Å². The summed E-state index contributed by atoms with van der Waals surface area (Å²) in [6, 6.07) is 8.52. The highest BCUT2D eigenvalue weighted by Gasteiger charge is 2.28. The first-order valence-corrected chi connectivity index (χ1v) is 10.5. The first-order valence-electron chi connectivity index (χ1n) is 10.5. The maximum Gasteiger partial charge on any atom is 0.308 e. The summed E-state index contributed by atoms with van der Waals surface area (Å²) in [7, 11) is 0. The zero-order valence-electron chi connectivity index (χ0n) is 17.7. The van der Waals surface area contributed by atoms with Gasteiger partial charge in [-0.1, -0.05) is 13.8 Å². The van der Waals surface area contributed by atoms with Gasteiger partial charge >= 0.3 is 5.97 Å². The Balaban J connectivity index is 1.76. The maximum atomic E-state index is 13.5. The van der Waals surface area contributed by atoms with Gasteiger partial charge in [0.2, 0.25) is 0 Å².